The molecule has 0 saturated carbocycles. The molecule has 0 radical (unpaired) electrons. The van der Waals surface area contributed by atoms with Crippen molar-refractivity contribution in [2.75, 3.05) is 38.1 Å². The van der Waals surface area contributed by atoms with Crippen molar-refractivity contribution in [3.05, 3.63) is 41.2 Å². The van der Waals surface area contributed by atoms with Crippen LogP contribution in [0.3, 0.4) is 0 Å². The summed E-state index contributed by atoms with van der Waals surface area (Å²) in [7, 11) is 2.14. The first-order valence-electron chi connectivity index (χ1n) is 8.25. The van der Waals surface area contributed by atoms with Crippen LogP contribution in [0.5, 0.6) is 0 Å². The van der Waals surface area contributed by atoms with E-state index in [4.69, 9.17) is 5.73 Å². The van der Waals surface area contributed by atoms with Crippen molar-refractivity contribution in [3.8, 4) is 0 Å². The van der Waals surface area contributed by atoms with Gasteiger partial charge in [-0.1, -0.05) is 0 Å². The van der Waals surface area contributed by atoms with Gasteiger partial charge >= 0.3 is 0 Å². The number of nitrogens with one attached hydrogen (secondary N) is 2. The van der Waals surface area contributed by atoms with Crippen molar-refractivity contribution in [2.24, 2.45) is 16.6 Å². The molecule has 1 aromatic rings. The molecule has 0 spiro atoms. The summed E-state index contributed by atoms with van der Waals surface area (Å²) in [5.74, 6) is -0.282. The maximum absolute atomic E-state index is 11.9. The number of piperazine rings is 1. The van der Waals surface area contributed by atoms with E-state index in [1.807, 2.05) is 24.5 Å². The van der Waals surface area contributed by atoms with Gasteiger partial charge in [-0.05, 0) is 30.8 Å². The van der Waals surface area contributed by atoms with Crippen molar-refractivity contribution in [1.29, 1.82) is 0 Å². The van der Waals surface area contributed by atoms with Gasteiger partial charge in [0.25, 0.3) is 0 Å². The first-order chi connectivity index (χ1) is 11.6. The van der Waals surface area contributed by atoms with Gasteiger partial charge in [-0.25, -0.2) is 5.43 Å². The molecule has 0 bridgehead atoms. The average Bonchev–Trinajstić information content (AvgIpc) is 3.18. The van der Waals surface area contributed by atoms with E-state index in [0.717, 1.165) is 43.1 Å². The molecule has 3 heterocycles. The lowest BCUT2D eigenvalue weighted by Crippen LogP contribution is -2.44. The number of hydrazine groups is 1. The van der Waals surface area contributed by atoms with Crippen molar-refractivity contribution in [3.63, 3.8) is 0 Å². The molecule has 1 amide bonds. The number of aliphatic imine (C=N–C) groups is 1. The number of carbonyl (C=O) groups excluding carboxylic acids is 1. The molecule has 1 aromatic carbocycles. The van der Waals surface area contributed by atoms with Gasteiger partial charge in [0.1, 0.15) is 0 Å². The fraction of sp³-hybridized carbons (Fsp3) is 0.412. The van der Waals surface area contributed by atoms with E-state index in [2.05, 4.69) is 38.8 Å². The molecular weight excluding hydrogens is 304 g/mol. The molecule has 2 unspecified atom stereocenters. The number of primary amides is 1. The van der Waals surface area contributed by atoms with Crippen LogP contribution in [-0.2, 0) is 0 Å². The highest BCUT2D eigenvalue weighted by Crippen LogP contribution is 2.35. The fourth-order valence-corrected chi connectivity index (χ4v) is 3.58. The summed E-state index contributed by atoms with van der Waals surface area (Å²) in [6, 6.07) is 5.90. The molecule has 3 aliphatic heterocycles. The second-order valence-electron chi connectivity index (χ2n) is 6.58. The number of carbonyl (C=O) groups is 1. The Morgan fingerprint density at radius 2 is 2.08 bits per heavy atom. The number of hydrogen-bond acceptors (Lipinski definition) is 6. The lowest BCUT2D eigenvalue weighted by molar-refractivity contribution is 0.0998. The van der Waals surface area contributed by atoms with E-state index in [-0.39, 0.29) is 12.0 Å². The number of anilines is 1. The predicted octanol–water partition coefficient (Wildman–Crippen LogP) is 0.228. The SMILES string of the molecule is CN1CCN(c2ccc(C(N)=O)c(C3NNC4=CN=CC43)c2)CC1. The second kappa shape index (κ2) is 5.92. The third kappa shape index (κ3) is 2.55. The van der Waals surface area contributed by atoms with Crippen LogP contribution >= 0.6 is 0 Å². The van der Waals surface area contributed by atoms with E-state index in [1.54, 1.807) is 0 Å². The van der Waals surface area contributed by atoms with Crippen LogP contribution in [0, 0.1) is 5.92 Å². The van der Waals surface area contributed by atoms with Crippen LogP contribution in [0.4, 0.5) is 5.69 Å². The number of rotatable bonds is 3. The minimum absolute atomic E-state index is 0.0441. The van der Waals surface area contributed by atoms with Gasteiger partial charge < -0.3 is 21.0 Å². The topological polar surface area (TPSA) is 86.0 Å². The van der Waals surface area contributed by atoms with Crippen LogP contribution in [0.1, 0.15) is 22.0 Å². The number of nitrogens with zero attached hydrogens (tertiary/aromatic N) is 3. The molecule has 2 atom stereocenters. The van der Waals surface area contributed by atoms with Crippen LogP contribution in [-0.4, -0.2) is 50.2 Å². The number of nitrogens with two attached hydrogens (primary N) is 1. The van der Waals surface area contributed by atoms with E-state index >= 15 is 0 Å². The summed E-state index contributed by atoms with van der Waals surface area (Å²) < 4.78 is 0. The quantitative estimate of drug-likeness (QED) is 0.740. The maximum atomic E-state index is 11.9. The third-order valence-electron chi connectivity index (χ3n) is 5.05. The lowest BCUT2D eigenvalue weighted by Gasteiger charge is -2.34. The highest BCUT2D eigenvalue weighted by Gasteiger charge is 2.35. The van der Waals surface area contributed by atoms with Crippen molar-refractivity contribution < 1.29 is 4.79 Å². The summed E-state index contributed by atoms with van der Waals surface area (Å²) in [4.78, 5) is 20.8. The molecule has 0 aliphatic carbocycles. The number of benzene rings is 1. The number of fused-ring (bicyclic) bond motifs is 1. The fourth-order valence-electron chi connectivity index (χ4n) is 3.58. The van der Waals surface area contributed by atoms with E-state index in [0.29, 0.717) is 5.56 Å². The van der Waals surface area contributed by atoms with Crippen LogP contribution < -0.4 is 21.5 Å². The smallest absolute Gasteiger partial charge is 0.249 e. The second-order valence-corrected chi connectivity index (χ2v) is 6.58. The summed E-state index contributed by atoms with van der Waals surface area (Å²) in [5.41, 5.74) is 15.7. The van der Waals surface area contributed by atoms with E-state index < -0.39 is 5.91 Å². The lowest BCUT2D eigenvalue weighted by atomic mass is 9.90. The molecule has 7 nitrogen and oxygen atoms in total. The molecule has 4 N–H and O–H groups in total. The third-order valence-corrected chi connectivity index (χ3v) is 5.05. The van der Waals surface area contributed by atoms with Crippen molar-refractivity contribution >= 4 is 17.8 Å². The molecule has 24 heavy (non-hydrogen) atoms. The summed E-state index contributed by atoms with van der Waals surface area (Å²) in [6.07, 6.45) is 3.71. The number of hydrogen-bond donors (Lipinski definition) is 3. The minimum atomic E-state index is -0.399. The Morgan fingerprint density at radius 3 is 2.83 bits per heavy atom. The van der Waals surface area contributed by atoms with Gasteiger partial charge in [-0.2, -0.15) is 0 Å². The van der Waals surface area contributed by atoms with Crippen LogP contribution in [0.2, 0.25) is 0 Å². The monoisotopic (exact) mass is 326 g/mol. The van der Waals surface area contributed by atoms with E-state index in [1.165, 1.54) is 0 Å². The first-order valence-corrected chi connectivity index (χ1v) is 8.25. The largest absolute Gasteiger partial charge is 0.369 e. The molecule has 3 aliphatic rings. The average molecular weight is 326 g/mol. The normalized spacial score (nSPS) is 26.2. The Hall–Kier alpha value is -2.38. The minimum Gasteiger partial charge on any atom is -0.369 e. The highest BCUT2D eigenvalue weighted by atomic mass is 16.1. The van der Waals surface area contributed by atoms with Gasteiger partial charge in [0.2, 0.25) is 5.91 Å². The summed E-state index contributed by atoms with van der Waals surface area (Å²) in [5, 5.41) is 0. The molecule has 4 rings (SSSR count). The zero-order chi connectivity index (χ0) is 16.7. The summed E-state index contributed by atoms with van der Waals surface area (Å²) in [6.45, 7) is 4.05. The van der Waals surface area contributed by atoms with Crippen molar-refractivity contribution in [1.82, 2.24) is 15.8 Å². The number of amides is 1. The molecule has 126 valence electrons. The molecule has 0 aromatic heterocycles. The first kappa shape index (κ1) is 15.2. The summed E-state index contributed by atoms with van der Waals surface area (Å²) >= 11 is 0. The van der Waals surface area contributed by atoms with Gasteiger partial charge in [0, 0.05) is 49.8 Å². The Balaban J connectivity index is 1.68. The molecule has 7 heteroatoms. The Labute approximate surface area is 141 Å². The van der Waals surface area contributed by atoms with Gasteiger partial charge in [0.05, 0.1) is 17.7 Å². The molecule has 2 fully saturated rings. The Morgan fingerprint density at radius 1 is 1.29 bits per heavy atom. The Kier molecular flexibility index (Phi) is 3.74. The maximum Gasteiger partial charge on any atom is 0.249 e. The van der Waals surface area contributed by atoms with Crippen LogP contribution in [0.25, 0.3) is 0 Å². The number of likely N-dealkylation sites (N-methyl/N-ethyl adjacent to an activating group) is 1. The standard InChI is InChI=1S/C17H22N6O/c1-22-4-6-23(7-5-22)11-2-3-12(17(18)24)13(8-11)16-14-9-19-10-15(14)20-21-16/h2-3,8-10,14,16,20-21H,4-7H2,1H3,(H2,18,24). The van der Waals surface area contributed by atoms with E-state index in [9.17, 15) is 4.79 Å². The van der Waals surface area contributed by atoms with Gasteiger partial charge in [0.15, 0.2) is 0 Å². The molecular formula is C17H22N6O. The highest BCUT2D eigenvalue weighted by molar-refractivity contribution is 5.95. The van der Waals surface area contributed by atoms with Gasteiger partial charge in [-0.15, -0.1) is 0 Å². The van der Waals surface area contributed by atoms with Crippen LogP contribution in [0.15, 0.2) is 35.1 Å². The van der Waals surface area contributed by atoms with Gasteiger partial charge in [-0.3, -0.25) is 9.79 Å². The predicted molar refractivity (Wildman–Crippen MR) is 93.7 cm³/mol. The molecule has 2 saturated heterocycles. The zero-order valence-electron chi connectivity index (χ0n) is 13.7. The van der Waals surface area contributed by atoms with Crippen molar-refractivity contribution in [2.45, 2.75) is 6.04 Å². The zero-order valence-corrected chi connectivity index (χ0v) is 13.7. The Bertz CT molecular complexity index is 720.